The molecule has 1 aromatic heterocycles. The molecule has 2 heterocycles. The predicted octanol–water partition coefficient (Wildman–Crippen LogP) is 7.23. The van der Waals surface area contributed by atoms with Crippen LogP contribution in [0.2, 0.25) is 10.0 Å². The summed E-state index contributed by atoms with van der Waals surface area (Å²) < 4.78 is 24.9. The predicted molar refractivity (Wildman–Crippen MR) is 192 cm³/mol. The third-order valence-electron chi connectivity index (χ3n) is 7.74. The molecule has 0 saturated carbocycles. The molecule has 0 spiro atoms. The van der Waals surface area contributed by atoms with Gasteiger partial charge >= 0.3 is 5.97 Å². The van der Waals surface area contributed by atoms with Crippen molar-refractivity contribution in [1.29, 1.82) is 0 Å². The molecule has 0 aliphatic carbocycles. The Morgan fingerprint density at radius 2 is 1.67 bits per heavy atom. The molecule has 0 amide bonds. The zero-order chi connectivity index (χ0) is 34.5. The van der Waals surface area contributed by atoms with Crippen LogP contribution in [0.4, 0.5) is 0 Å². The number of methoxy groups -OCH3 is 1. The zero-order valence-electron chi connectivity index (χ0n) is 26.9. The summed E-state index contributed by atoms with van der Waals surface area (Å²) in [4.78, 5) is 33.4. The Morgan fingerprint density at radius 1 is 0.898 bits per heavy atom. The van der Waals surface area contributed by atoms with Crippen LogP contribution < -0.4 is 29.1 Å². The fourth-order valence-corrected chi connectivity index (χ4v) is 6.83. The lowest BCUT2D eigenvalue weighted by molar-refractivity contribution is -0.138. The van der Waals surface area contributed by atoms with Gasteiger partial charge < -0.3 is 18.9 Å². The van der Waals surface area contributed by atoms with Crippen molar-refractivity contribution in [2.45, 2.75) is 26.5 Å². The minimum Gasteiger partial charge on any atom is -0.494 e. The molecule has 1 atom stereocenters. The summed E-state index contributed by atoms with van der Waals surface area (Å²) in [7, 11) is 1.55. The van der Waals surface area contributed by atoms with E-state index in [4.69, 9.17) is 47.1 Å². The molecule has 0 radical (unpaired) electrons. The SMILES string of the molecule is CCOC(=O)C1=C(c2ccccc2)N=c2s/c(=C\c3ccc(OCc4ccc(Cl)c(Cl)c4)c(OC)c3)c(=O)n2[C@H]1c1ccc(OCC)cc1. The molecule has 8 nitrogen and oxygen atoms in total. The van der Waals surface area contributed by atoms with E-state index in [0.29, 0.717) is 54.5 Å². The lowest BCUT2D eigenvalue weighted by atomic mass is 9.93. The van der Waals surface area contributed by atoms with Gasteiger partial charge in [-0.1, -0.05) is 89.1 Å². The molecular formula is C38H32Cl2N2O6S. The smallest absolute Gasteiger partial charge is 0.338 e. The van der Waals surface area contributed by atoms with Crippen molar-refractivity contribution in [3.05, 3.63) is 149 Å². The number of carbonyl (C=O) groups is 1. The summed E-state index contributed by atoms with van der Waals surface area (Å²) >= 11 is 13.4. The van der Waals surface area contributed by atoms with Gasteiger partial charge in [0.25, 0.3) is 5.56 Å². The summed E-state index contributed by atoms with van der Waals surface area (Å²) in [5.74, 6) is 1.15. The van der Waals surface area contributed by atoms with Crippen molar-refractivity contribution < 1.29 is 23.7 Å². The number of fused-ring (bicyclic) bond motifs is 1. The van der Waals surface area contributed by atoms with E-state index in [0.717, 1.165) is 16.7 Å². The number of halogens is 2. The highest BCUT2D eigenvalue weighted by atomic mass is 35.5. The van der Waals surface area contributed by atoms with Crippen LogP contribution in [0, 0.1) is 0 Å². The summed E-state index contributed by atoms with van der Waals surface area (Å²) in [5, 5.41) is 0.915. The molecule has 0 saturated heterocycles. The Balaban J connectivity index is 1.45. The molecule has 250 valence electrons. The van der Waals surface area contributed by atoms with Gasteiger partial charge in [0.05, 0.1) is 52.2 Å². The van der Waals surface area contributed by atoms with Crippen LogP contribution >= 0.6 is 34.5 Å². The van der Waals surface area contributed by atoms with E-state index in [2.05, 4.69) is 0 Å². The minimum atomic E-state index is -0.796. The van der Waals surface area contributed by atoms with Gasteiger partial charge in [0.15, 0.2) is 16.3 Å². The molecule has 0 N–H and O–H groups in total. The maximum atomic E-state index is 14.3. The molecule has 11 heteroatoms. The van der Waals surface area contributed by atoms with Gasteiger partial charge in [0, 0.05) is 5.56 Å². The van der Waals surface area contributed by atoms with E-state index in [1.807, 2.05) is 73.7 Å². The normalized spacial score (nSPS) is 14.2. The first kappa shape index (κ1) is 34.0. The number of esters is 1. The first-order valence-corrected chi connectivity index (χ1v) is 17.1. The lowest BCUT2D eigenvalue weighted by Gasteiger charge is -2.26. The molecule has 1 aliphatic rings. The van der Waals surface area contributed by atoms with Crippen LogP contribution in [0.5, 0.6) is 17.2 Å². The third-order valence-corrected chi connectivity index (χ3v) is 9.47. The number of benzene rings is 4. The number of nitrogens with zero attached hydrogens (tertiary/aromatic N) is 2. The van der Waals surface area contributed by atoms with E-state index in [1.165, 1.54) is 11.3 Å². The summed E-state index contributed by atoms with van der Waals surface area (Å²) in [6.07, 6.45) is 1.78. The van der Waals surface area contributed by atoms with Crippen molar-refractivity contribution >= 4 is 52.3 Å². The number of rotatable bonds is 11. The first-order chi connectivity index (χ1) is 23.8. The average Bonchev–Trinajstić information content (AvgIpc) is 3.43. The second-order valence-electron chi connectivity index (χ2n) is 10.9. The van der Waals surface area contributed by atoms with Crippen LogP contribution in [0.3, 0.4) is 0 Å². The summed E-state index contributed by atoms with van der Waals surface area (Å²) in [5.41, 5.74) is 3.45. The fourth-order valence-electron chi connectivity index (χ4n) is 5.50. The summed E-state index contributed by atoms with van der Waals surface area (Å²) in [6.45, 7) is 4.59. The fraction of sp³-hybridized carbons (Fsp3) is 0.184. The quantitative estimate of drug-likeness (QED) is 0.134. The van der Waals surface area contributed by atoms with Crippen molar-refractivity contribution in [3.8, 4) is 17.2 Å². The van der Waals surface area contributed by atoms with Crippen molar-refractivity contribution in [2.24, 2.45) is 4.99 Å². The van der Waals surface area contributed by atoms with Crippen LogP contribution in [-0.4, -0.2) is 30.9 Å². The number of ether oxygens (including phenoxy) is 4. The monoisotopic (exact) mass is 714 g/mol. The molecule has 0 fully saturated rings. The third kappa shape index (κ3) is 7.29. The molecular weight excluding hydrogens is 683 g/mol. The molecule has 0 unspecified atom stereocenters. The molecule has 1 aliphatic heterocycles. The van der Waals surface area contributed by atoms with Gasteiger partial charge in [0.1, 0.15) is 12.4 Å². The second kappa shape index (κ2) is 15.2. The van der Waals surface area contributed by atoms with Crippen LogP contribution in [-0.2, 0) is 16.1 Å². The molecule has 5 aromatic rings. The van der Waals surface area contributed by atoms with E-state index in [-0.39, 0.29) is 24.3 Å². The molecule has 4 aromatic carbocycles. The lowest BCUT2D eigenvalue weighted by Crippen LogP contribution is -2.40. The maximum Gasteiger partial charge on any atom is 0.338 e. The largest absolute Gasteiger partial charge is 0.494 e. The van der Waals surface area contributed by atoms with Gasteiger partial charge in [-0.25, -0.2) is 9.79 Å². The second-order valence-corrected chi connectivity index (χ2v) is 12.7. The van der Waals surface area contributed by atoms with Gasteiger partial charge in [-0.3, -0.25) is 9.36 Å². The van der Waals surface area contributed by atoms with Crippen LogP contribution in [0.15, 0.2) is 106 Å². The Kier molecular flexibility index (Phi) is 10.5. The van der Waals surface area contributed by atoms with Crippen molar-refractivity contribution in [2.75, 3.05) is 20.3 Å². The van der Waals surface area contributed by atoms with Gasteiger partial charge in [-0.05, 0) is 73.0 Å². The Labute approximate surface area is 297 Å². The van der Waals surface area contributed by atoms with Gasteiger partial charge in [-0.2, -0.15) is 0 Å². The van der Waals surface area contributed by atoms with Crippen LogP contribution in [0.1, 0.15) is 42.1 Å². The van der Waals surface area contributed by atoms with E-state index >= 15 is 0 Å². The van der Waals surface area contributed by atoms with E-state index in [9.17, 15) is 9.59 Å². The van der Waals surface area contributed by atoms with Crippen LogP contribution in [0.25, 0.3) is 11.8 Å². The Hall–Kier alpha value is -4.83. The molecule has 49 heavy (non-hydrogen) atoms. The van der Waals surface area contributed by atoms with Gasteiger partial charge in [-0.15, -0.1) is 0 Å². The number of hydrogen-bond acceptors (Lipinski definition) is 8. The molecule has 6 rings (SSSR count). The van der Waals surface area contributed by atoms with E-state index in [1.54, 1.807) is 48.9 Å². The topological polar surface area (TPSA) is 88.4 Å². The van der Waals surface area contributed by atoms with Crippen molar-refractivity contribution in [3.63, 3.8) is 0 Å². The number of thiazole rings is 1. The first-order valence-electron chi connectivity index (χ1n) is 15.6. The maximum absolute atomic E-state index is 14.3. The Morgan fingerprint density at radius 3 is 2.37 bits per heavy atom. The zero-order valence-corrected chi connectivity index (χ0v) is 29.3. The van der Waals surface area contributed by atoms with E-state index < -0.39 is 12.0 Å². The standard InChI is InChI=1S/C38H32Cl2N2O6S/c1-4-46-27-15-13-26(14-16-27)35-33(37(44)47-5-2)34(25-9-7-6-8-10-25)41-38-42(35)36(43)32(49-38)21-23-12-18-30(31(20-23)45-3)48-22-24-11-17-28(39)29(40)19-24/h6-21,35H,4-5,22H2,1-3H3/b32-21-/t35-/m0/s1. The number of carbonyl (C=O) groups excluding carboxylic acids is 1. The minimum absolute atomic E-state index is 0.166. The van der Waals surface area contributed by atoms with Crippen molar-refractivity contribution in [1.82, 2.24) is 4.57 Å². The average molecular weight is 716 g/mol. The molecule has 0 bridgehead atoms. The number of aromatic nitrogens is 1. The van der Waals surface area contributed by atoms with Gasteiger partial charge in [0.2, 0.25) is 0 Å². The number of hydrogen-bond donors (Lipinski definition) is 0. The highest BCUT2D eigenvalue weighted by molar-refractivity contribution is 7.07. The Bertz CT molecular complexity index is 2210. The highest BCUT2D eigenvalue weighted by Gasteiger charge is 2.35. The highest BCUT2D eigenvalue weighted by Crippen LogP contribution is 2.36. The summed E-state index contributed by atoms with van der Waals surface area (Å²) in [6, 6.07) is 26.8.